The topological polar surface area (TPSA) is 35.9 Å². The predicted octanol–water partition coefficient (Wildman–Crippen LogP) is 15.9. The van der Waals surface area contributed by atoms with Crippen molar-refractivity contribution in [3.05, 3.63) is 236 Å². The Kier molecular flexibility index (Phi) is 8.17. The molecule has 0 amide bonds. The van der Waals surface area contributed by atoms with Crippen LogP contribution in [0.3, 0.4) is 0 Å². The van der Waals surface area contributed by atoms with Crippen molar-refractivity contribution in [2.75, 3.05) is 0 Å². The lowest BCUT2D eigenvalue weighted by molar-refractivity contribution is -0.570. The fourth-order valence-corrected chi connectivity index (χ4v) is 10.2. The van der Waals surface area contributed by atoms with E-state index in [0.29, 0.717) is 22.7 Å². The molecule has 13 rings (SSSR count). The molecule has 0 spiro atoms. The summed E-state index contributed by atoms with van der Waals surface area (Å²) >= 11 is 0. The lowest BCUT2D eigenvalue weighted by Gasteiger charge is -2.22. The molecule has 0 atom stereocenters. The first-order valence-corrected chi connectivity index (χ1v) is 23.2. The van der Waals surface area contributed by atoms with Gasteiger partial charge in [0.05, 0.1) is 40.3 Å². The molecule has 0 saturated heterocycles. The largest absolute Gasteiger partial charge is 0.458 e. The van der Waals surface area contributed by atoms with Crippen molar-refractivity contribution in [3.63, 3.8) is 0 Å². The zero-order chi connectivity index (χ0) is 50.6. The highest BCUT2D eigenvalue weighted by atomic mass is 16.5. The van der Waals surface area contributed by atoms with Crippen molar-refractivity contribution >= 4 is 32.8 Å². The fourth-order valence-electron chi connectivity index (χ4n) is 10.2. The van der Waals surface area contributed by atoms with Crippen LogP contribution in [-0.2, 0) is 5.41 Å². The number of ether oxygens (including phenoxy) is 1. The SMILES string of the molecule is [2H]c1c([2H])c([2H])c(-c2ccc(-c3ccccc3)c3c2-[n+]2[c-]n(-c4cccc(Oc5ccc6c7ccccc7n(-c7cc(C(C)(C)C)ccn7)c6c5)c4)c4cccc(c42)-c2ccccc2-c2ccccc2-3)c([2H])c1[2H]. The molecular weight excluding hydrogens is 841 g/mol. The third kappa shape index (κ3) is 6.69. The van der Waals surface area contributed by atoms with E-state index in [1.807, 2.05) is 88.1 Å². The Balaban J connectivity index is 1.05. The minimum atomic E-state index is -0.449. The molecule has 5 nitrogen and oxygen atoms in total. The van der Waals surface area contributed by atoms with Gasteiger partial charge in [0.25, 0.3) is 6.33 Å². The minimum absolute atomic E-state index is 0.0639. The monoisotopic (exact) mass is 891 g/mol. The van der Waals surface area contributed by atoms with E-state index in [4.69, 9.17) is 13.8 Å². The van der Waals surface area contributed by atoms with E-state index in [1.54, 1.807) is 0 Å². The second-order valence-corrected chi connectivity index (χ2v) is 18.6. The van der Waals surface area contributed by atoms with Gasteiger partial charge in [0.1, 0.15) is 17.3 Å². The highest BCUT2D eigenvalue weighted by molar-refractivity contribution is 6.10. The predicted molar refractivity (Wildman–Crippen MR) is 282 cm³/mol. The molecule has 0 radical (unpaired) electrons. The summed E-state index contributed by atoms with van der Waals surface area (Å²) in [7, 11) is 0. The number of pyridine rings is 1. The van der Waals surface area contributed by atoms with Gasteiger partial charge in [-0.25, -0.2) is 4.98 Å². The summed E-state index contributed by atoms with van der Waals surface area (Å²) in [6.45, 7) is 6.63. The Hall–Kier alpha value is -8.80. The zero-order valence-electron chi connectivity index (χ0n) is 43.2. The fraction of sp³-hybridized carbons (Fsp3) is 0.0625. The second kappa shape index (κ2) is 15.9. The smallest absolute Gasteiger partial charge is 0.269 e. The van der Waals surface area contributed by atoms with Gasteiger partial charge in [-0.05, 0) is 110 Å². The van der Waals surface area contributed by atoms with Crippen LogP contribution in [0.15, 0.2) is 224 Å². The molecule has 0 N–H and O–H groups in total. The van der Waals surface area contributed by atoms with Crippen LogP contribution in [0.25, 0.3) is 106 Å². The van der Waals surface area contributed by atoms with Crippen LogP contribution in [0.5, 0.6) is 11.5 Å². The van der Waals surface area contributed by atoms with E-state index >= 15 is 0 Å². The third-order valence-electron chi connectivity index (χ3n) is 13.4. The molecule has 3 aromatic heterocycles. The van der Waals surface area contributed by atoms with E-state index in [2.05, 4.69) is 147 Å². The van der Waals surface area contributed by atoms with E-state index in [9.17, 15) is 2.74 Å². The van der Waals surface area contributed by atoms with E-state index < -0.39 is 18.1 Å². The molecule has 0 bridgehead atoms. The number of para-hydroxylation sites is 2. The van der Waals surface area contributed by atoms with Gasteiger partial charge in [-0.3, -0.25) is 13.7 Å². The van der Waals surface area contributed by atoms with Gasteiger partial charge in [0, 0.05) is 28.6 Å². The standard InChI is InChI=1S/C64H46N4O/c1-64(2,3)44-36-37-65-60(38-44)68-57-30-15-14-27-53(57)54-33-32-47(40-59(54)68)69-46-23-16-22-45(39-46)66-41-67-62-56(29-17-31-58(62)66)52-26-11-10-24-50(52)51-25-12-13-28-55(51)61-48(42-18-6-4-7-19-42)34-35-49(63(61)67)43-20-8-5-9-21-43/h4-40H,1-3H3/i5D,8D,9D,20D,21D. The quantitative estimate of drug-likeness (QED) is 0.123. The molecule has 0 fully saturated rings. The highest BCUT2D eigenvalue weighted by Gasteiger charge is 2.28. The van der Waals surface area contributed by atoms with Gasteiger partial charge in [0.15, 0.2) is 0 Å². The van der Waals surface area contributed by atoms with E-state index in [0.717, 1.165) is 88.9 Å². The summed E-state index contributed by atoms with van der Waals surface area (Å²) in [5.41, 5.74) is 14.4. The molecule has 9 aromatic carbocycles. The molecule has 328 valence electrons. The molecular formula is C64H46N4O. The lowest BCUT2D eigenvalue weighted by atomic mass is 9.84. The van der Waals surface area contributed by atoms with Crippen LogP contribution in [0, 0.1) is 6.33 Å². The first kappa shape index (κ1) is 35.4. The lowest BCUT2D eigenvalue weighted by Crippen LogP contribution is -2.32. The van der Waals surface area contributed by atoms with Gasteiger partial charge in [-0.15, -0.1) is 0 Å². The number of rotatable bonds is 6. The number of hydrogen-bond donors (Lipinski definition) is 0. The maximum Gasteiger partial charge on any atom is 0.269 e. The number of fused-ring (bicyclic) bond motifs is 10. The van der Waals surface area contributed by atoms with Crippen LogP contribution < -0.4 is 9.30 Å². The number of nitrogens with zero attached hydrogens (tertiary/aromatic N) is 4. The normalized spacial score (nSPS) is 13.0. The average Bonchev–Trinajstić information content (AvgIpc) is 3.99. The molecule has 0 saturated carbocycles. The second-order valence-electron chi connectivity index (χ2n) is 18.6. The molecule has 0 unspecified atom stereocenters. The maximum atomic E-state index is 9.39. The number of benzene rings is 9. The van der Waals surface area contributed by atoms with E-state index in [1.165, 1.54) is 5.56 Å². The van der Waals surface area contributed by atoms with Crippen LogP contribution in [0.4, 0.5) is 0 Å². The third-order valence-corrected chi connectivity index (χ3v) is 13.4. The first-order valence-electron chi connectivity index (χ1n) is 25.7. The number of hydrogen-bond acceptors (Lipinski definition) is 2. The minimum Gasteiger partial charge on any atom is -0.458 e. The molecule has 1 aliphatic heterocycles. The molecule has 1 aliphatic rings. The van der Waals surface area contributed by atoms with Crippen LogP contribution in [0.2, 0.25) is 0 Å². The Morgan fingerprint density at radius 3 is 1.99 bits per heavy atom. The molecule has 5 heteroatoms. The molecule has 12 aromatic rings. The Morgan fingerprint density at radius 2 is 1.17 bits per heavy atom. The average molecular weight is 892 g/mol. The van der Waals surface area contributed by atoms with Crippen molar-refractivity contribution in [1.29, 1.82) is 0 Å². The Bertz CT molecular complexity index is 4260. The summed E-state index contributed by atoms with van der Waals surface area (Å²) in [6, 6.07) is 62.1. The van der Waals surface area contributed by atoms with Crippen molar-refractivity contribution in [1.82, 2.24) is 14.1 Å². The highest BCUT2D eigenvalue weighted by Crippen LogP contribution is 2.48. The van der Waals surface area contributed by atoms with Crippen molar-refractivity contribution in [2.24, 2.45) is 0 Å². The first-order chi connectivity index (χ1) is 35.9. The number of imidazole rings is 1. The van der Waals surface area contributed by atoms with Crippen LogP contribution in [0.1, 0.15) is 33.2 Å². The van der Waals surface area contributed by atoms with Gasteiger partial charge in [0.2, 0.25) is 0 Å². The van der Waals surface area contributed by atoms with Gasteiger partial charge >= 0.3 is 0 Å². The Labute approximate surface area is 408 Å². The van der Waals surface area contributed by atoms with Gasteiger partial charge in [-0.1, -0.05) is 184 Å². The van der Waals surface area contributed by atoms with Crippen molar-refractivity contribution in [2.45, 2.75) is 26.2 Å². The van der Waals surface area contributed by atoms with Crippen LogP contribution >= 0.6 is 0 Å². The summed E-state index contributed by atoms with van der Waals surface area (Å²) in [5.74, 6) is 2.11. The molecule has 0 aliphatic carbocycles. The molecule has 4 heterocycles. The van der Waals surface area contributed by atoms with Gasteiger partial charge < -0.3 is 4.74 Å². The molecule has 69 heavy (non-hydrogen) atoms. The zero-order valence-corrected chi connectivity index (χ0v) is 38.2. The maximum absolute atomic E-state index is 9.39. The summed E-state index contributed by atoms with van der Waals surface area (Å²) < 4.78 is 58.2. The van der Waals surface area contributed by atoms with Crippen LogP contribution in [-0.4, -0.2) is 14.1 Å². The number of aromatic nitrogens is 4. The van der Waals surface area contributed by atoms with Gasteiger partial charge in [-0.2, -0.15) is 0 Å². The summed E-state index contributed by atoms with van der Waals surface area (Å²) in [6.07, 6.45) is 5.70. The van der Waals surface area contributed by atoms with E-state index in [-0.39, 0.29) is 23.1 Å². The van der Waals surface area contributed by atoms with Crippen molar-refractivity contribution < 1.29 is 16.2 Å². The van der Waals surface area contributed by atoms with Crippen molar-refractivity contribution in [3.8, 4) is 84.3 Å². The Morgan fingerprint density at radius 1 is 0.522 bits per heavy atom. The summed E-state index contributed by atoms with van der Waals surface area (Å²) in [5, 5.41) is 2.22. The summed E-state index contributed by atoms with van der Waals surface area (Å²) in [4.78, 5) is 4.89.